The van der Waals surface area contributed by atoms with Crippen LogP contribution in [0.1, 0.15) is 20.3 Å². The van der Waals surface area contributed by atoms with Crippen LogP contribution >= 0.6 is 0 Å². The molecule has 8 heteroatoms. The minimum absolute atomic E-state index is 0.137. The topological polar surface area (TPSA) is 131 Å². The molecule has 0 fully saturated rings. The van der Waals surface area contributed by atoms with E-state index in [4.69, 9.17) is 10.8 Å². The van der Waals surface area contributed by atoms with Crippen molar-refractivity contribution in [3.63, 3.8) is 0 Å². The van der Waals surface area contributed by atoms with Crippen LogP contribution in [0.15, 0.2) is 47.1 Å². The first-order chi connectivity index (χ1) is 11.5. The molecule has 1 heterocycles. The minimum Gasteiger partial charge on any atom is -0.477 e. The zero-order chi connectivity index (χ0) is 18.4. The number of nitrogens with two attached hydrogens (primary N) is 1. The number of carboxylic acid groups (broad SMARTS) is 1. The number of para-hydroxylation sites is 1. The third-order valence-corrected chi connectivity index (χ3v) is 2.67. The predicted molar refractivity (Wildman–Crippen MR) is 94.1 cm³/mol. The zero-order valence-electron chi connectivity index (χ0n) is 13.9. The van der Waals surface area contributed by atoms with Gasteiger partial charge in [-0.25, -0.2) is 4.79 Å². The Balaban J connectivity index is 0.000000420. The van der Waals surface area contributed by atoms with Crippen molar-refractivity contribution in [1.82, 2.24) is 5.32 Å². The van der Waals surface area contributed by atoms with Crippen molar-refractivity contribution >= 4 is 17.4 Å². The molecule has 8 nitrogen and oxygen atoms in total. The number of nitro groups is 1. The molecule has 132 valence electrons. The Labute approximate surface area is 141 Å². The van der Waals surface area contributed by atoms with Gasteiger partial charge in [0.2, 0.25) is 0 Å². The average molecular weight is 336 g/mol. The monoisotopic (exact) mass is 336 g/mol. The molecule has 0 aliphatic carbocycles. The highest BCUT2D eigenvalue weighted by atomic mass is 16.6. The fraction of sp³-hybridized carbons (Fsp3) is 0.375. The number of hydrogen-bond acceptors (Lipinski definition) is 6. The Morgan fingerprint density at radius 3 is 2.50 bits per heavy atom. The van der Waals surface area contributed by atoms with Crippen molar-refractivity contribution in [2.24, 2.45) is 10.7 Å². The van der Waals surface area contributed by atoms with Crippen molar-refractivity contribution in [3.8, 4) is 0 Å². The summed E-state index contributed by atoms with van der Waals surface area (Å²) in [5.74, 6) is -1.10. The summed E-state index contributed by atoms with van der Waals surface area (Å²) >= 11 is 0. The maximum atomic E-state index is 10.4. The first kappa shape index (κ1) is 21.3. The standard InChI is InChI=1S/C8H13N3O2.C6H5NO2.C2H6/c9-7(8(12)13)4-6-5-10-2-1-3-11-6;8-7(9)6-4-2-1-3-5-6;1-2/h4,10H,1-3,5,9H2,(H,12,13);1-5H;1-2H3/b7-4-;;. The summed E-state index contributed by atoms with van der Waals surface area (Å²) < 4.78 is 0. The molecule has 0 aromatic heterocycles. The third kappa shape index (κ3) is 9.31. The zero-order valence-corrected chi connectivity index (χ0v) is 13.9. The summed E-state index contributed by atoms with van der Waals surface area (Å²) in [5, 5.41) is 21.6. The molecule has 0 radical (unpaired) electrons. The number of non-ortho nitro benzene ring substituents is 1. The van der Waals surface area contributed by atoms with Crippen molar-refractivity contribution < 1.29 is 14.8 Å². The van der Waals surface area contributed by atoms with Crippen LogP contribution < -0.4 is 11.1 Å². The third-order valence-electron chi connectivity index (χ3n) is 2.67. The SMILES string of the molecule is CC.N/C(=C\C1=NCCCNC1)C(=O)O.O=[N+]([O-])c1ccccc1. The second-order valence-corrected chi connectivity index (χ2v) is 4.40. The Morgan fingerprint density at radius 2 is 2.00 bits per heavy atom. The predicted octanol–water partition coefficient (Wildman–Crippen LogP) is 1.97. The molecule has 1 aromatic rings. The van der Waals surface area contributed by atoms with E-state index < -0.39 is 10.9 Å². The summed E-state index contributed by atoms with van der Waals surface area (Å²) in [6.07, 6.45) is 2.38. The molecule has 0 amide bonds. The van der Waals surface area contributed by atoms with Crippen LogP contribution in [0.3, 0.4) is 0 Å². The first-order valence-corrected chi connectivity index (χ1v) is 7.64. The number of benzene rings is 1. The number of nitrogens with one attached hydrogen (secondary N) is 1. The molecular formula is C16H24N4O4. The molecule has 2 rings (SSSR count). The largest absolute Gasteiger partial charge is 0.477 e. The number of carboxylic acids is 1. The van der Waals surface area contributed by atoms with E-state index in [1.807, 2.05) is 13.8 Å². The van der Waals surface area contributed by atoms with Gasteiger partial charge in [-0.05, 0) is 19.0 Å². The minimum atomic E-state index is -1.10. The molecular weight excluding hydrogens is 312 g/mol. The molecule has 0 atom stereocenters. The Morgan fingerprint density at radius 1 is 1.38 bits per heavy atom. The highest BCUT2D eigenvalue weighted by Crippen LogP contribution is 2.06. The van der Waals surface area contributed by atoms with E-state index in [-0.39, 0.29) is 11.4 Å². The molecule has 1 aliphatic heterocycles. The van der Waals surface area contributed by atoms with E-state index in [1.165, 1.54) is 18.2 Å². The molecule has 0 spiro atoms. The van der Waals surface area contributed by atoms with Crippen molar-refractivity contribution in [1.29, 1.82) is 0 Å². The van der Waals surface area contributed by atoms with E-state index in [0.29, 0.717) is 12.3 Å². The van der Waals surface area contributed by atoms with Gasteiger partial charge < -0.3 is 16.2 Å². The number of rotatable bonds is 3. The van der Waals surface area contributed by atoms with Crippen LogP contribution in [0.4, 0.5) is 5.69 Å². The molecule has 0 unspecified atom stereocenters. The van der Waals surface area contributed by atoms with Crippen LogP contribution in [-0.4, -0.2) is 41.3 Å². The average Bonchev–Trinajstić information content (AvgIpc) is 2.86. The van der Waals surface area contributed by atoms with Gasteiger partial charge in [-0.1, -0.05) is 32.0 Å². The molecule has 1 aliphatic rings. The number of nitrogens with zero attached hydrogens (tertiary/aromatic N) is 2. The normalized spacial score (nSPS) is 13.9. The lowest BCUT2D eigenvalue weighted by Crippen LogP contribution is -2.22. The molecule has 1 aromatic carbocycles. The van der Waals surface area contributed by atoms with Gasteiger partial charge in [-0.15, -0.1) is 0 Å². The summed E-state index contributed by atoms with van der Waals surface area (Å²) in [6, 6.07) is 7.93. The van der Waals surface area contributed by atoms with E-state index in [0.717, 1.165) is 19.5 Å². The summed E-state index contributed by atoms with van der Waals surface area (Å²) in [6.45, 7) is 6.23. The van der Waals surface area contributed by atoms with Gasteiger partial charge in [0.05, 0.1) is 10.6 Å². The summed E-state index contributed by atoms with van der Waals surface area (Å²) in [7, 11) is 0. The van der Waals surface area contributed by atoms with Crippen LogP contribution in [-0.2, 0) is 4.79 Å². The lowest BCUT2D eigenvalue weighted by atomic mass is 10.3. The number of aliphatic imine (C=N–C) groups is 1. The van der Waals surface area contributed by atoms with Gasteiger partial charge in [0, 0.05) is 25.2 Å². The lowest BCUT2D eigenvalue weighted by Gasteiger charge is -1.99. The number of carbonyl (C=O) groups is 1. The summed E-state index contributed by atoms with van der Waals surface area (Å²) in [5.41, 5.74) is 5.93. The van der Waals surface area contributed by atoms with Gasteiger partial charge >= 0.3 is 5.97 Å². The molecule has 0 bridgehead atoms. The molecule has 0 saturated heterocycles. The number of hydrogen-bond donors (Lipinski definition) is 3. The second kappa shape index (κ2) is 12.8. The number of nitro benzene ring substituents is 1. The van der Waals surface area contributed by atoms with E-state index in [1.54, 1.807) is 18.2 Å². The van der Waals surface area contributed by atoms with E-state index in [9.17, 15) is 14.9 Å². The Kier molecular flexibility index (Phi) is 11.3. The lowest BCUT2D eigenvalue weighted by molar-refractivity contribution is -0.384. The highest BCUT2D eigenvalue weighted by molar-refractivity contribution is 6.02. The van der Waals surface area contributed by atoms with Crippen LogP contribution in [0.2, 0.25) is 0 Å². The van der Waals surface area contributed by atoms with E-state index >= 15 is 0 Å². The van der Waals surface area contributed by atoms with Crippen molar-refractivity contribution in [3.05, 3.63) is 52.2 Å². The van der Waals surface area contributed by atoms with Crippen LogP contribution in [0.25, 0.3) is 0 Å². The smallest absolute Gasteiger partial charge is 0.351 e. The Bertz CT molecular complexity index is 571. The molecule has 4 N–H and O–H groups in total. The van der Waals surface area contributed by atoms with Gasteiger partial charge in [0.1, 0.15) is 5.70 Å². The van der Waals surface area contributed by atoms with Crippen LogP contribution in [0, 0.1) is 10.1 Å². The van der Waals surface area contributed by atoms with Gasteiger partial charge in [0.15, 0.2) is 0 Å². The summed E-state index contributed by atoms with van der Waals surface area (Å²) in [4.78, 5) is 24.2. The fourth-order valence-electron chi connectivity index (χ4n) is 1.59. The highest BCUT2D eigenvalue weighted by Gasteiger charge is 2.05. The first-order valence-electron chi connectivity index (χ1n) is 7.64. The van der Waals surface area contributed by atoms with Crippen molar-refractivity contribution in [2.45, 2.75) is 20.3 Å². The maximum Gasteiger partial charge on any atom is 0.351 e. The van der Waals surface area contributed by atoms with E-state index in [2.05, 4.69) is 10.3 Å². The maximum absolute atomic E-state index is 10.4. The quantitative estimate of drug-likeness (QED) is 0.439. The van der Waals surface area contributed by atoms with Gasteiger partial charge in [-0.2, -0.15) is 0 Å². The van der Waals surface area contributed by atoms with Crippen molar-refractivity contribution in [2.75, 3.05) is 19.6 Å². The molecule has 0 saturated carbocycles. The van der Waals surface area contributed by atoms with Gasteiger partial charge in [0.25, 0.3) is 5.69 Å². The fourth-order valence-corrected chi connectivity index (χ4v) is 1.59. The number of aliphatic carboxylic acids is 1. The molecule has 24 heavy (non-hydrogen) atoms. The Hall–Kier alpha value is -2.74. The second-order valence-electron chi connectivity index (χ2n) is 4.40. The van der Waals surface area contributed by atoms with Gasteiger partial charge in [-0.3, -0.25) is 15.1 Å². The van der Waals surface area contributed by atoms with Crippen LogP contribution in [0.5, 0.6) is 0 Å².